The smallest absolute Gasteiger partial charge is 0.235 e. The van der Waals surface area contributed by atoms with Gasteiger partial charge in [-0.25, -0.2) is 4.98 Å². The van der Waals surface area contributed by atoms with Crippen molar-refractivity contribution in [2.24, 2.45) is 7.05 Å². The summed E-state index contributed by atoms with van der Waals surface area (Å²) in [5.74, 6) is 0.766. The third-order valence-corrected chi connectivity index (χ3v) is 14.3. The number of benzene rings is 8. The summed E-state index contributed by atoms with van der Waals surface area (Å²) < 4.78 is 28.1. The van der Waals surface area contributed by atoms with Gasteiger partial charge in [0.1, 0.15) is 17.0 Å². The Bertz CT molecular complexity index is 3200. The molecule has 1 unspecified atom stereocenters. The Morgan fingerprint density at radius 1 is 0.536 bits per heavy atom. The van der Waals surface area contributed by atoms with E-state index < -0.39 is 7.29 Å². The summed E-state index contributed by atoms with van der Waals surface area (Å²) in [6, 6.07) is 64.2. The molecule has 0 aliphatic carbocycles. The quantitative estimate of drug-likeness (QED) is 0.165. The van der Waals surface area contributed by atoms with Gasteiger partial charge in [0, 0.05) is 56.4 Å². The number of imidazole rings is 1. The second-order valence-corrected chi connectivity index (χ2v) is 16.8. The highest BCUT2D eigenvalue weighted by Crippen LogP contribution is 2.63. The van der Waals surface area contributed by atoms with Crippen LogP contribution in [-0.2, 0) is 11.6 Å². The molecule has 0 amide bonds. The van der Waals surface area contributed by atoms with Crippen LogP contribution in [0.2, 0.25) is 0 Å². The maximum absolute atomic E-state index is 17.3. The van der Waals surface area contributed by atoms with Crippen LogP contribution in [0.25, 0.3) is 77.7 Å². The van der Waals surface area contributed by atoms with Crippen molar-refractivity contribution in [1.29, 1.82) is 0 Å². The minimum atomic E-state index is -3.76. The van der Waals surface area contributed by atoms with Crippen molar-refractivity contribution in [2.45, 2.75) is 0 Å². The van der Waals surface area contributed by atoms with Crippen LogP contribution in [0.3, 0.4) is 0 Å². The molecule has 11 rings (SSSR count). The van der Waals surface area contributed by atoms with Crippen LogP contribution >= 0.6 is 7.29 Å². The summed E-state index contributed by atoms with van der Waals surface area (Å²) in [5.41, 5.74) is 12.2. The van der Waals surface area contributed by atoms with E-state index in [2.05, 4.69) is 118 Å². The number of hydrogen-bond donors (Lipinski definition) is 0. The molecule has 8 aromatic carbocycles. The minimum absolute atomic E-state index is 0.726. The van der Waals surface area contributed by atoms with Crippen LogP contribution in [0.1, 0.15) is 0 Å². The topological polar surface area (TPSA) is 51.3 Å². The molecule has 1 aliphatic heterocycles. The fraction of sp³-hybridized carbons (Fsp3) is 0.0200. The lowest BCUT2D eigenvalue weighted by atomic mass is 9.91. The molecule has 1 aliphatic rings. The van der Waals surface area contributed by atoms with Crippen LogP contribution in [0.5, 0.6) is 0 Å². The molecule has 5 nitrogen and oxygen atoms in total. The molecule has 0 radical (unpaired) electrons. The number of rotatable bonds is 5. The molecule has 266 valence electrons. The molecule has 0 saturated carbocycles. The molecule has 10 aromatic rings. The van der Waals surface area contributed by atoms with Gasteiger partial charge in [0.25, 0.3) is 0 Å². The monoisotopic (exact) mass is 739 g/mol. The highest BCUT2D eigenvalue weighted by molar-refractivity contribution is 7.81. The second-order valence-electron chi connectivity index (χ2n) is 14.3. The van der Waals surface area contributed by atoms with Gasteiger partial charge in [-0.05, 0) is 65.2 Å². The molecule has 0 bridgehead atoms. The Labute approximate surface area is 324 Å². The van der Waals surface area contributed by atoms with Crippen molar-refractivity contribution in [2.75, 3.05) is 4.67 Å². The Hall–Kier alpha value is -6.94. The number of furan rings is 1. The second kappa shape index (κ2) is 12.6. The third-order valence-electron chi connectivity index (χ3n) is 11.2. The Morgan fingerprint density at radius 3 is 2.05 bits per heavy atom. The number of aryl methyl sites for hydroxylation is 1. The molecule has 0 saturated heterocycles. The maximum atomic E-state index is 17.3. The van der Waals surface area contributed by atoms with Gasteiger partial charge in [-0.3, -0.25) is 9.24 Å². The Kier molecular flexibility index (Phi) is 7.29. The number of nitrogens with zero attached hydrogens (tertiary/aromatic N) is 3. The average molecular weight is 740 g/mol. The van der Waals surface area contributed by atoms with E-state index in [9.17, 15) is 0 Å². The van der Waals surface area contributed by atoms with Crippen LogP contribution in [-0.4, -0.2) is 9.55 Å². The van der Waals surface area contributed by atoms with Gasteiger partial charge in [0.05, 0.1) is 16.7 Å². The summed E-state index contributed by atoms with van der Waals surface area (Å²) in [7, 11) is -1.72. The van der Waals surface area contributed by atoms with Gasteiger partial charge < -0.3 is 8.98 Å². The van der Waals surface area contributed by atoms with E-state index in [1.54, 1.807) is 0 Å². The van der Waals surface area contributed by atoms with E-state index in [4.69, 9.17) is 9.40 Å². The fourth-order valence-corrected chi connectivity index (χ4v) is 11.9. The lowest BCUT2D eigenvalue weighted by Crippen LogP contribution is -2.35. The highest BCUT2D eigenvalue weighted by Gasteiger charge is 2.45. The van der Waals surface area contributed by atoms with E-state index in [1.165, 1.54) is 0 Å². The van der Waals surface area contributed by atoms with E-state index in [0.717, 1.165) is 99.7 Å². The van der Waals surface area contributed by atoms with Gasteiger partial charge in [0.2, 0.25) is 7.29 Å². The van der Waals surface area contributed by atoms with Gasteiger partial charge in [-0.2, -0.15) is 0 Å². The number of fused-ring (bicyclic) bond motifs is 7. The number of anilines is 2. The van der Waals surface area contributed by atoms with E-state index in [0.29, 0.717) is 0 Å². The molecule has 6 heteroatoms. The molecule has 1 atom stereocenters. The first kappa shape index (κ1) is 32.5. The van der Waals surface area contributed by atoms with Gasteiger partial charge in [-0.1, -0.05) is 140 Å². The zero-order chi connectivity index (χ0) is 37.4. The minimum Gasteiger partial charge on any atom is -0.455 e. The Morgan fingerprint density at radius 2 is 1.20 bits per heavy atom. The first-order chi connectivity index (χ1) is 27.6. The van der Waals surface area contributed by atoms with Gasteiger partial charge in [0.15, 0.2) is 0 Å². The van der Waals surface area contributed by atoms with Crippen molar-refractivity contribution in [3.05, 3.63) is 188 Å². The van der Waals surface area contributed by atoms with Crippen molar-refractivity contribution in [3.8, 4) is 44.8 Å². The fourth-order valence-electron chi connectivity index (χ4n) is 8.68. The summed E-state index contributed by atoms with van der Waals surface area (Å²) in [4.78, 5) is 5.15. The standard InChI is InChI=1S/C50H34N3O2P/c1-52-43-26-11-10-25-42(43)51-50(52)41-21-9-13-28-46(41)56(54)47-29-15-22-36(33-16-4-2-5-17-33)48(47)40-31-30-34(32-44(40)53(56)35-18-6-3-7-19-35)37-23-14-24-39-38-20-8-12-27-45(38)55-49(37)39/h2-32H,1H3. The van der Waals surface area contributed by atoms with Gasteiger partial charge >= 0.3 is 0 Å². The lowest BCUT2D eigenvalue weighted by molar-refractivity contribution is 0.587. The molecule has 3 heterocycles. The first-order valence-electron chi connectivity index (χ1n) is 18.8. The zero-order valence-corrected chi connectivity index (χ0v) is 31.4. The van der Waals surface area contributed by atoms with Crippen molar-refractivity contribution in [1.82, 2.24) is 9.55 Å². The molecule has 0 spiro atoms. The number of para-hydroxylation sites is 5. The van der Waals surface area contributed by atoms with Crippen molar-refractivity contribution in [3.63, 3.8) is 0 Å². The normalized spacial score (nSPS) is 15.0. The summed E-state index contributed by atoms with van der Waals surface area (Å²) in [5, 5.41) is 3.66. The van der Waals surface area contributed by atoms with Crippen LogP contribution < -0.4 is 15.3 Å². The highest BCUT2D eigenvalue weighted by atomic mass is 31.2. The summed E-state index contributed by atoms with van der Waals surface area (Å²) >= 11 is 0. The van der Waals surface area contributed by atoms with E-state index >= 15 is 4.57 Å². The molecule has 0 N–H and O–H groups in total. The zero-order valence-electron chi connectivity index (χ0n) is 30.5. The summed E-state index contributed by atoms with van der Waals surface area (Å²) in [6.45, 7) is 0. The van der Waals surface area contributed by atoms with E-state index in [1.807, 2.05) is 85.9 Å². The van der Waals surface area contributed by atoms with Crippen LogP contribution in [0, 0.1) is 0 Å². The average Bonchev–Trinajstić information content (AvgIpc) is 3.81. The first-order valence-corrected chi connectivity index (χ1v) is 20.5. The summed E-state index contributed by atoms with van der Waals surface area (Å²) in [6.07, 6.45) is 0. The van der Waals surface area contributed by atoms with Crippen LogP contribution in [0.15, 0.2) is 192 Å². The molecular formula is C50H34N3O2P. The largest absolute Gasteiger partial charge is 0.455 e. The van der Waals surface area contributed by atoms with Crippen molar-refractivity contribution < 1.29 is 8.98 Å². The SMILES string of the molecule is Cn1c(-c2ccccc2P2(=O)c3cccc(-c4ccccc4)c3-c3ccc(-c4cccc5c4oc4ccccc45)cc3N2c2ccccc2)nc2ccccc21. The van der Waals surface area contributed by atoms with Crippen LogP contribution in [0.4, 0.5) is 11.4 Å². The number of hydrogen-bond acceptors (Lipinski definition) is 3. The molecule has 2 aromatic heterocycles. The van der Waals surface area contributed by atoms with Crippen molar-refractivity contribution >= 4 is 62.2 Å². The predicted molar refractivity (Wildman–Crippen MR) is 232 cm³/mol. The molecule has 0 fully saturated rings. The molecule has 56 heavy (non-hydrogen) atoms. The molecular weight excluding hydrogens is 706 g/mol. The Balaban J connectivity index is 1.25. The van der Waals surface area contributed by atoms with Gasteiger partial charge in [-0.15, -0.1) is 0 Å². The predicted octanol–water partition coefficient (Wildman–Crippen LogP) is 12.5. The maximum Gasteiger partial charge on any atom is 0.235 e. The van der Waals surface area contributed by atoms with E-state index in [-0.39, 0.29) is 0 Å². The number of aromatic nitrogens is 2. The third kappa shape index (κ3) is 4.74. The lowest BCUT2D eigenvalue weighted by Gasteiger charge is -2.41.